The lowest BCUT2D eigenvalue weighted by molar-refractivity contribution is -0.118. The van der Waals surface area contributed by atoms with Crippen molar-refractivity contribution in [3.8, 4) is 17.2 Å². The third kappa shape index (κ3) is 5.36. The van der Waals surface area contributed by atoms with Gasteiger partial charge in [-0.2, -0.15) is 0 Å². The van der Waals surface area contributed by atoms with Crippen LogP contribution < -0.4 is 30.6 Å². The normalized spacial score (nSPS) is 10.2. The van der Waals surface area contributed by atoms with E-state index in [0.29, 0.717) is 22.9 Å². The van der Waals surface area contributed by atoms with Crippen LogP contribution >= 0.6 is 0 Å². The SMILES string of the molecule is COc1cc(NC(=O)COc2cccc(NC(=O)c3ccco3)c2)c(C(N)=O)cc1OC. The van der Waals surface area contributed by atoms with Gasteiger partial charge < -0.3 is 35.0 Å². The first-order valence-corrected chi connectivity index (χ1v) is 9.34. The number of primary amides is 1. The number of amides is 3. The van der Waals surface area contributed by atoms with Crippen LogP contribution in [0.5, 0.6) is 17.2 Å². The number of carbonyl (C=O) groups excluding carboxylic acids is 3. The molecule has 0 saturated heterocycles. The highest BCUT2D eigenvalue weighted by atomic mass is 16.5. The summed E-state index contributed by atoms with van der Waals surface area (Å²) >= 11 is 0. The Balaban J connectivity index is 1.65. The van der Waals surface area contributed by atoms with E-state index in [1.165, 1.54) is 38.7 Å². The minimum atomic E-state index is -0.748. The highest BCUT2D eigenvalue weighted by Crippen LogP contribution is 2.33. The Morgan fingerprint density at radius 2 is 1.72 bits per heavy atom. The molecule has 166 valence electrons. The molecule has 32 heavy (non-hydrogen) atoms. The molecule has 3 amide bonds. The summed E-state index contributed by atoms with van der Waals surface area (Å²) in [5.74, 6) is -0.586. The molecule has 1 heterocycles. The molecule has 0 bridgehead atoms. The van der Waals surface area contributed by atoms with Crippen LogP contribution in [0.2, 0.25) is 0 Å². The molecule has 0 radical (unpaired) electrons. The first-order valence-electron chi connectivity index (χ1n) is 9.34. The number of hydrogen-bond donors (Lipinski definition) is 3. The second kappa shape index (κ2) is 10.0. The molecule has 1 aromatic heterocycles. The van der Waals surface area contributed by atoms with Gasteiger partial charge in [0.15, 0.2) is 23.9 Å². The van der Waals surface area contributed by atoms with Crippen LogP contribution in [0.1, 0.15) is 20.9 Å². The number of ether oxygens (including phenoxy) is 3. The van der Waals surface area contributed by atoms with Gasteiger partial charge in [-0.05, 0) is 30.3 Å². The standard InChI is InChI=1S/C22H21N3O7/c1-29-18-10-15(21(23)27)16(11-19(18)30-2)25-20(26)12-32-14-6-3-5-13(9-14)24-22(28)17-7-4-8-31-17/h3-11H,12H2,1-2H3,(H2,23,27)(H,24,28)(H,25,26). The van der Waals surface area contributed by atoms with Gasteiger partial charge in [-0.3, -0.25) is 14.4 Å². The van der Waals surface area contributed by atoms with E-state index in [4.69, 9.17) is 24.4 Å². The number of carbonyl (C=O) groups is 3. The maximum atomic E-state index is 12.4. The van der Waals surface area contributed by atoms with Gasteiger partial charge in [0.05, 0.1) is 31.7 Å². The predicted octanol–water partition coefficient (Wildman–Crippen LogP) is 2.67. The molecule has 0 aliphatic rings. The maximum absolute atomic E-state index is 12.4. The Hall–Kier alpha value is -4.47. The second-order valence-electron chi connectivity index (χ2n) is 6.41. The maximum Gasteiger partial charge on any atom is 0.291 e. The molecule has 10 nitrogen and oxygen atoms in total. The van der Waals surface area contributed by atoms with Crippen molar-refractivity contribution in [1.29, 1.82) is 0 Å². The van der Waals surface area contributed by atoms with Crippen LogP contribution in [-0.2, 0) is 4.79 Å². The number of hydrogen-bond acceptors (Lipinski definition) is 7. The first kappa shape index (κ1) is 22.2. The van der Waals surface area contributed by atoms with Crippen LogP contribution in [0.15, 0.2) is 59.2 Å². The number of methoxy groups -OCH3 is 2. The Kier molecular flexibility index (Phi) is 6.96. The zero-order chi connectivity index (χ0) is 23.1. The van der Waals surface area contributed by atoms with Gasteiger partial charge in [0.1, 0.15) is 5.75 Å². The van der Waals surface area contributed by atoms with Gasteiger partial charge in [0, 0.05) is 17.8 Å². The van der Waals surface area contributed by atoms with Gasteiger partial charge in [0.25, 0.3) is 17.7 Å². The molecule has 0 unspecified atom stereocenters. The fraction of sp³-hybridized carbons (Fsp3) is 0.136. The lowest BCUT2D eigenvalue weighted by Gasteiger charge is -2.14. The van der Waals surface area contributed by atoms with Crippen molar-refractivity contribution in [1.82, 2.24) is 0 Å². The van der Waals surface area contributed by atoms with Crippen molar-refractivity contribution < 1.29 is 33.0 Å². The van der Waals surface area contributed by atoms with E-state index in [1.807, 2.05) is 0 Å². The highest BCUT2D eigenvalue weighted by Gasteiger charge is 2.17. The third-order valence-electron chi connectivity index (χ3n) is 4.27. The van der Waals surface area contributed by atoms with Gasteiger partial charge in [-0.1, -0.05) is 6.07 Å². The number of furan rings is 1. The summed E-state index contributed by atoms with van der Waals surface area (Å²) < 4.78 is 20.9. The van der Waals surface area contributed by atoms with E-state index in [0.717, 1.165) is 0 Å². The first-order chi connectivity index (χ1) is 15.4. The Labute approximate surface area is 183 Å². The van der Waals surface area contributed by atoms with E-state index < -0.39 is 17.7 Å². The number of rotatable bonds is 9. The van der Waals surface area contributed by atoms with Gasteiger partial charge >= 0.3 is 0 Å². The van der Waals surface area contributed by atoms with E-state index in [2.05, 4.69) is 10.6 Å². The van der Waals surface area contributed by atoms with Crippen molar-refractivity contribution in [2.75, 3.05) is 31.5 Å². The third-order valence-corrected chi connectivity index (χ3v) is 4.27. The van der Waals surface area contributed by atoms with Crippen molar-refractivity contribution >= 4 is 29.1 Å². The molecule has 10 heteroatoms. The second-order valence-corrected chi connectivity index (χ2v) is 6.41. The van der Waals surface area contributed by atoms with Crippen LogP contribution in [0.25, 0.3) is 0 Å². The summed E-state index contributed by atoms with van der Waals surface area (Å²) in [6, 6.07) is 12.5. The fourth-order valence-electron chi connectivity index (χ4n) is 2.79. The lowest BCUT2D eigenvalue weighted by Crippen LogP contribution is -2.23. The molecule has 3 rings (SSSR count). The van der Waals surface area contributed by atoms with Gasteiger partial charge in [-0.15, -0.1) is 0 Å². The molecule has 0 fully saturated rings. The molecule has 0 saturated carbocycles. The van der Waals surface area contributed by atoms with Crippen LogP contribution in [0.3, 0.4) is 0 Å². The topological polar surface area (TPSA) is 142 Å². The van der Waals surface area contributed by atoms with Gasteiger partial charge in [0.2, 0.25) is 0 Å². The highest BCUT2D eigenvalue weighted by molar-refractivity contribution is 6.04. The number of benzene rings is 2. The largest absolute Gasteiger partial charge is 0.493 e. The predicted molar refractivity (Wildman–Crippen MR) is 115 cm³/mol. The average molecular weight is 439 g/mol. The van der Waals surface area contributed by atoms with Crippen molar-refractivity contribution in [3.05, 3.63) is 66.1 Å². The summed E-state index contributed by atoms with van der Waals surface area (Å²) in [5.41, 5.74) is 6.07. The van der Waals surface area contributed by atoms with Crippen LogP contribution in [0.4, 0.5) is 11.4 Å². The summed E-state index contributed by atoms with van der Waals surface area (Å²) in [5, 5.41) is 5.24. The van der Waals surface area contributed by atoms with Crippen molar-refractivity contribution in [2.24, 2.45) is 5.73 Å². The van der Waals surface area contributed by atoms with E-state index >= 15 is 0 Å². The quantitative estimate of drug-likeness (QED) is 0.465. The van der Waals surface area contributed by atoms with Crippen molar-refractivity contribution in [3.63, 3.8) is 0 Å². The molecular weight excluding hydrogens is 418 g/mol. The summed E-state index contributed by atoms with van der Waals surface area (Å²) in [6.45, 7) is -0.359. The summed E-state index contributed by atoms with van der Waals surface area (Å²) in [7, 11) is 2.84. The Bertz CT molecular complexity index is 1130. The summed E-state index contributed by atoms with van der Waals surface area (Å²) in [4.78, 5) is 36.2. The molecular formula is C22H21N3O7. The van der Waals surface area contributed by atoms with E-state index in [1.54, 1.807) is 30.3 Å². The molecule has 0 spiro atoms. The fourth-order valence-corrected chi connectivity index (χ4v) is 2.79. The molecule has 2 aromatic carbocycles. The monoisotopic (exact) mass is 439 g/mol. The number of nitrogens with one attached hydrogen (secondary N) is 2. The van der Waals surface area contributed by atoms with E-state index in [9.17, 15) is 14.4 Å². The Morgan fingerprint density at radius 1 is 0.969 bits per heavy atom. The van der Waals surface area contributed by atoms with Gasteiger partial charge in [-0.25, -0.2) is 0 Å². The molecule has 4 N–H and O–H groups in total. The zero-order valence-corrected chi connectivity index (χ0v) is 17.3. The zero-order valence-electron chi connectivity index (χ0n) is 17.3. The molecule has 0 aliphatic heterocycles. The molecule has 0 atom stereocenters. The van der Waals surface area contributed by atoms with E-state index in [-0.39, 0.29) is 23.6 Å². The minimum absolute atomic E-state index is 0.0543. The number of anilines is 2. The lowest BCUT2D eigenvalue weighted by atomic mass is 10.1. The average Bonchev–Trinajstić information content (AvgIpc) is 3.32. The molecule has 3 aromatic rings. The smallest absolute Gasteiger partial charge is 0.291 e. The van der Waals surface area contributed by atoms with Crippen LogP contribution in [-0.4, -0.2) is 38.5 Å². The van der Waals surface area contributed by atoms with Crippen molar-refractivity contribution in [2.45, 2.75) is 0 Å². The summed E-state index contributed by atoms with van der Waals surface area (Å²) in [6.07, 6.45) is 1.40. The molecule has 0 aliphatic carbocycles. The van der Waals surface area contributed by atoms with Crippen LogP contribution in [0, 0.1) is 0 Å². The Morgan fingerprint density at radius 3 is 2.38 bits per heavy atom. The number of nitrogens with two attached hydrogens (primary N) is 1. The minimum Gasteiger partial charge on any atom is -0.493 e.